The van der Waals surface area contributed by atoms with Gasteiger partial charge in [0.25, 0.3) is 8.32 Å². The van der Waals surface area contributed by atoms with Crippen LogP contribution in [0.1, 0.15) is 33.6 Å². The second kappa shape index (κ2) is 8.74. The Balaban J connectivity index is 1.47. The first-order valence-corrected chi connectivity index (χ1v) is 14.5. The molecular weight excluding hydrogens is 496 g/mol. The highest BCUT2D eigenvalue weighted by Crippen LogP contribution is 2.52. The third kappa shape index (κ3) is 3.89. The van der Waals surface area contributed by atoms with Crippen molar-refractivity contribution in [3.63, 3.8) is 0 Å². The first-order chi connectivity index (χ1) is 15.8. The van der Waals surface area contributed by atoms with Crippen LogP contribution in [-0.4, -0.2) is 49.5 Å². The summed E-state index contributed by atoms with van der Waals surface area (Å²) in [7, 11) is -2.58. The van der Waals surface area contributed by atoms with Crippen LogP contribution in [0.4, 0.5) is 0 Å². The van der Waals surface area contributed by atoms with E-state index in [1.165, 1.54) is 15.9 Å². The van der Waals surface area contributed by atoms with Gasteiger partial charge in [0.05, 0.1) is 23.6 Å². The molecule has 6 heteroatoms. The number of aliphatic hydroxyl groups is 1. The summed E-state index contributed by atoms with van der Waals surface area (Å²) in [5, 5.41) is 13.4. The molecule has 176 valence electrons. The largest absolute Gasteiger partial charge is 0.403 e. The Morgan fingerprint density at radius 2 is 1.67 bits per heavy atom. The average Bonchev–Trinajstić information content (AvgIpc) is 3.26. The topological polar surface area (TPSA) is 47.9 Å². The van der Waals surface area contributed by atoms with Gasteiger partial charge in [0.1, 0.15) is 6.10 Å². The maximum atomic E-state index is 10.8. The van der Waals surface area contributed by atoms with Crippen LogP contribution in [0.5, 0.6) is 0 Å². The quantitative estimate of drug-likeness (QED) is 0.359. The Kier molecular flexibility index (Phi) is 6.21. The van der Waals surface area contributed by atoms with Gasteiger partial charge in [-0.15, -0.1) is 0 Å². The number of hydrogen-bond donors (Lipinski definition) is 1. The number of fused-ring (bicyclic) bond motifs is 4. The molecule has 0 radical (unpaired) electrons. The van der Waals surface area contributed by atoms with Crippen LogP contribution in [-0.2, 0) is 13.9 Å². The number of hydrogen-bond acceptors (Lipinski definition) is 4. The summed E-state index contributed by atoms with van der Waals surface area (Å²) in [6, 6.07) is 21.5. The van der Waals surface area contributed by atoms with Crippen molar-refractivity contribution in [2.24, 2.45) is 5.92 Å². The Morgan fingerprint density at radius 1 is 1.06 bits per heavy atom. The predicted molar refractivity (Wildman–Crippen MR) is 137 cm³/mol. The lowest BCUT2D eigenvalue weighted by atomic mass is 9.72. The van der Waals surface area contributed by atoms with Gasteiger partial charge in [0.2, 0.25) is 0 Å². The molecule has 2 aliphatic heterocycles. The fraction of sp³-hybridized carbons (Fsp3) is 0.481. The molecule has 2 fully saturated rings. The van der Waals surface area contributed by atoms with Crippen molar-refractivity contribution in [2.75, 3.05) is 13.2 Å². The highest BCUT2D eigenvalue weighted by molar-refractivity contribution is 9.10. The zero-order valence-corrected chi connectivity index (χ0v) is 22.1. The van der Waals surface area contributed by atoms with E-state index in [1.807, 2.05) is 0 Å². The number of rotatable bonds is 5. The molecule has 0 saturated carbocycles. The SMILES string of the molecule is CC(C)(C)[Si](OCC1=CC[C@]2(Br)C(C1)[C@H]1CO[C@H](O1)[C@H]2O)(c1ccccc1)c1ccccc1. The van der Waals surface area contributed by atoms with E-state index < -0.39 is 25.0 Å². The van der Waals surface area contributed by atoms with Crippen molar-refractivity contribution in [3.8, 4) is 0 Å². The van der Waals surface area contributed by atoms with Crippen LogP contribution >= 0.6 is 15.9 Å². The van der Waals surface area contributed by atoms with Gasteiger partial charge in [-0.05, 0) is 33.8 Å². The molecule has 2 bridgehead atoms. The van der Waals surface area contributed by atoms with Gasteiger partial charge in [0, 0.05) is 5.92 Å². The van der Waals surface area contributed by atoms with E-state index >= 15 is 0 Å². The normalized spacial score (nSPS) is 31.7. The van der Waals surface area contributed by atoms with E-state index in [0.717, 1.165) is 12.8 Å². The smallest absolute Gasteiger partial charge is 0.261 e. The lowest BCUT2D eigenvalue weighted by Crippen LogP contribution is -2.66. The molecule has 5 atom stereocenters. The summed E-state index contributed by atoms with van der Waals surface area (Å²) in [6.45, 7) is 8.04. The number of alkyl halides is 1. The molecule has 0 aromatic heterocycles. The molecule has 3 aliphatic rings. The van der Waals surface area contributed by atoms with E-state index in [1.54, 1.807) is 0 Å². The van der Waals surface area contributed by atoms with Crippen LogP contribution in [0.15, 0.2) is 72.3 Å². The van der Waals surface area contributed by atoms with E-state index in [4.69, 9.17) is 13.9 Å². The third-order valence-electron chi connectivity index (χ3n) is 7.62. The van der Waals surface area contributed by atoms with Crippen LogP contribution in [0, 0.1) is 5.92 Å². The number of allylic oxidation sites excluding steroid dienone is 1. The molecule has 0 spiro atoms. The molecule has 1 unspecified atom stereocenters. The summed E-state index contributed by atoms with van der Waals surface area (Å²) in [5.74, 6) is 0.161. The monoisotopic (exact) mass is 528 g/mol. The Labute approximate surface area is 206 Å². The Bertz CT molecular complexity index is 966. The zero-order valence-electron chi connectivity index (χ0n) is 19.5. The van der Waals surface area contributed by atoms with Crippen molar-refractivity contribution >= 4 is 34.6 Å². The van der Waals surface area contributed by atoms with Crippen LogP contribution in [0.25, 0.3) is 0 Å². The van der Waals surface area contributed by atoms with E-state index in [9.17, 15) is 5.11 Å². The van der Waals surface area contributed by atoms with Crippen molar-refractivity contribution in [3.05, 3.63) is 72.3 Å². The molecule has 2 heterocycles. The van der Waals surface area contributed by atoms with Gasteiger partial charge in [-0.3, -0.25) is 0 Å². The summed E-state index contributed by atoms with van der Waals surface area (Å²) < 4.78 is 18.4. The van der Waals surface area contributed by atoms with Crippen molar-refractivity contribution < 1.29 is 19.0 Å². The summed E-state index contributed by atoms with van der Waals surface area (Å²) >= 11 is 3.90. The second-order valence-electron chi connectivity index (χ2n) is 10.6. The van der Waals surface area contributed by atoms with E-state index in [-0.39, 0.29) is 17.1 Å². The molecule has 2 saturated heterocycles. The standard InChI is InChI=1S/C27H33BrO4Si/c1-26(2,3)33(20-10-6-4-7-11-20,21-12-8-5-9-13-21)31-17-19-14-15-27(28)22(16-19)23-18-30-25(32-23)24(27)29/h4-14,22-25,29H,15-18H2,1-3H3/t22?,23-,24-,25-,27+/m1/s1. The number of benzene rings is 2. The third-order valence-corrected chi connectivity index (χ3v) is 14.0. The molecular formula is C27H33BrO4Si. The minimum Gasteiger partial charge on any atom is -0.403 e. The number of ether oxygens (including phenoxy) is 2. The predicted octanol–water partition coefficient (Wildman–Crippen LogP) is 4.15. The molecule has 2 aromatic rings. The first-order valence-electron chi connectivity index (χ1n) is 11.8. The van der Waals surface area contributed by atoms with Gasteiger partial charge < -0.3 is 19.0 Å². The average molecular weight is 530 g/mol. The lowest BCUT2D eigenvalue weighted by Gasteiger charge is -2.48. The molecule has 0 amide bonds. The highest BCUT2D eigenvalue weighted by Gasteiger charge is 2.59. The lowest BCUT2D eigenvalue weighted by molar-refractivity contribution is -0.182. The summed E-state index contributed by atoms with van der Waals surface area (Å²) in [6.07, 6.45) is 2.66. The second-order valence-corrected chi connectivity index (χ2v) is 16.4. The molecule has 5 rings (SSSR count). The van der Waals surface area contributed by atoms with Crippen molar-refractivity contribution in [1.29, 1.82) is 0 Å². The van der Waals surface area contributed by atoms with E-state index in [0.29, 0.717) is 13.2 Å². The molecule has 1 aliphatic carbocycles. The fourth-order valence-corrected chi connectivity index (χ4v) is 11.3. The maximum Gasteiger partial charge on any atom is 0.261 e. The molecule has 4 nitrogen and oxygen atoms in total. The summed E-state index contributed by atoms with van der Waals surface area (Å²) in [5.41, 5.74) is 1.28. The summed E-state index contributed by atoms with van der Waals surface area (Å²) in [4.78, 5) is 0. The Hall–Kier alpha value is -1.28. The maximum absolute atomic E-state index is 10.8. The van der Waals surface area contributed by atoms with Crippen LogP contribution in [0.3, 0.4) is 0 Å². The van der Waals surface area contributed by atoms with Crippen LogP contribution in [0.2, 0.25) is 5.04 Å². The molecule has 2 aromatic carbocycles. The van der Waals surface area contributed by atoms with Gasteiger partial charge >= 0.3 is 0 Å². The fourth-order valence-electron chi connectivity index (χ4n) is 5.89. The first kappa shape index (κ1) is 23.5. The van der Waals surface area contributed by atoms with Gasteiger partial charge in [-0.2, -0.15) is 0 Å². The zero-order chi connectivity index (χ0) is 23.3. The molecule has 1 N–H and O–H groups in total. The van der Waals surface area contributed by atoms with Gasteiger partial charge in [0.15, 0.2) is 6.29 Å². The van der Waals surface area contributed by atoms with Crippen LogP contribution < -0.4 is 10.4 Å². The number of halogens is 1. The minimum absolute atomic E-state index is 0.00865. The number of aliphatic hydroxyl groups excluding tert-OH is 1. The molecule has 33 heavy (non-hydrogen) atoms. The van der Waals surface area contributed by atoms with Crippen molar-refractivity contribution in [1.82, 2.24) is 0 Å². The van der Waals surface area contributed by atoms with Crippen molar-refractivity contribution in [2.45, 2.75) is 61.5 Å². The highest BCUT2D eigenvalue weighted by atomic mass is 79.9. The minimum atomic E-state index is -2.58. The van der Waals surface area contributed by atoms with Gasteiger partial charge in [-0.25, -0.2) is 0 Å². The van der Waals surface area contributed by atoms with E-state index in [2.05, 4.69) is 103 Å². The Morgan fingerprint density at radius 3 is 2.24 bits per heavy atom. The van der Waals surface area contributed by atoms with Gasteiger partial charge in [-0.1, -0.05) is 103 Å².